The summed E-state index contributed by atoms with van der Waals surface area (Å²) in [7, 11) is -1.96. The van der Waals surface area contributed by atoms with Gasteiger partial charge < -0.3 is 10.2 Å². The Bertz CT molecular complexity index is 764. The first-order valence-electron chi connectivity index (χ1n) is 9.63. The molecule has 2 fully saturated rings. The van der Waals surface area contributed by atoms with Crippen molar-refractivity contribution in [2.75, 3.05) is 46.3 Å². The molecule has 1 atom stereocenters. The molecular weight excluding hydrogens is 400 g/mol. The number of piperazine rings is 1. The van der Waals surface area contributed by atoms with E-state index in [0.717, 1.165) is 45.7 Å². The number of sulfonamides is 1. The molecule has 0 bridgehead atoms. The Hall–Kier alpha value is -1.19. The molecule has 0 saturated carbocycles. The third kappa shape index (κ3) is 4.86. The first-order chi connectivity index (χ1) is 12.8. The third-order valence-corrected chi connectivity index (χ3v) is 7.67. The van der Waals surface area contributed by atoms with Crippen LogP contribution in [0.2, 0.25) is 0 Å². The largest absolute Gasteiger partial charge is 0.337 e. The van der Waals surface area contributed by atoms with Crippen molar-refractivity contribution in [1.29, 1.82) is 0 Å². The van der Waals surface area contributed by atoms with Crippen molar-refractivity contribution in [3.05, 3.63) is 29.8 Å². The molecule has 2 aliphatic rings. The smallest absolute Gasteiger partial charge is 0.253 e. The van der Waals surface area contributed by atoms with Crippen molar-refractivity contribution in [2.24, 2.45) is 0 Å². The average molecular weight is 431 g/mol. The number of carbonyl (C=O) groups excluding carboxylic acids is 1. The van der Waals surface area contributed by atoms with Crippen molar-refractivity contribution in [1.82, 2.24) is 19.4 Å². The van der Waals surface area contributed by atoms with E-state index < -0.39 is 10.0 Å². The number of amides is 1. The molecule has 3 rings (SSSR count). The molecule has 1 unspecified atom stereocenters. The van der Waals surface area contributed by atoms with E-state index in [1.807, 2.05) is 18.7 Å². The number of hydrogen-bond donors (Lipinski definition) is 1. The second kappa shape index (κ2) is 9.54. The first-order valence-corrected chi connectivity index (χ1v) is 11.1. The van der Waals surface area contributed by atoms with Crippen LogP contribution < -0.4 is 5.32 Å². The number of benzene rings is 1. The zero-order chi connectivity index (χ0) is 19.6. The molecule has 1 amide bonds. The summed E-state index contributed by atoms with van der Waals surface area (Å²) < 4.78 is 26.4. The van der Waals surface area contributed by atoms with Crippen LogP contribution in [-0.2, 0) is 10.0 Å². The summed E-state index contributed by atoms with van der Waals surface area (Å²) in [4.78, 5) is 17.4. The summed E-state index contributed by atoms with van der Waals surface area (Å²) in [6.07, 6.45) is 0.997. The van der Waals surface area contributed by atoms with Crippen LogP contribution in [0, 0.1) is 0 Å². The van der Waals surface area contributed by atoms with Crippen molar-refractivity contribution >= 4 is 28.3 Å². The van der Waals surface area contributed by atoms with E-state index >= 15 is 0 Å². The fraction of sp³-hybridized carbons (Fsp3) is 0.632. The maximum absolute atomic E-state index is 12.8. The average Bonchev–Trinajstić information content (AvgIpc) is 3.17. The van der Waals surface area contributed by atoms with Gasteiger partial charge in [-0.05, 0) is 44.5 Å². The van der Waals surface area contributed by atoms with Gasteiger partial charge in [0, 0.05) is 64.0 Å². The third-order valence-electron chi connectivity index (χ3n) is 5.62. The number of hydrogen-bond acceptors (Lipinski definition) is 5. The molecule has 2 aliphatic heterocycles. The normalized spacial score (nSPS) is 21.2. The van der Waals surface area contributed by atoms with Gasteiger partial charge in [0.1, 0.15) is 0 Å². The quantitative estimate of drug-likeness (QED) is 0.761. The molecule has 2 saturated heterocycles. The van der Waals surface area contributed by atoms with E-state index in [1.165, 1.54) is 16.4 Å². The number of halogens is 1. The van der Waals surface area contributed by atoms with E-state index in [1.54, 1.807) is 19.2 Å². The van der Waals surface area contributed by atoms with E-state index in [0.29, 0.717) is 11.6 Å². The molecule has 0 radical (unpaired) electrons. The molecule has 1 aromatic carbocycles. The lowest BCUT2D eigenvalue weighted by atomic mass is 10.2. The second-order valence-electron chi connectivity index (χ2n) is 7.62. The van der Waals surface area contributed by atoms with E-state index in [9.17, 15) is 13.2 Å². The van der Waals surface area contributed by atoms with Gasteiger partial charge in [-0.3, -0.25) is 9.69 Å². The van der Waals surface area contributed by atoms with Gasteiger partial charge >= 0.3 is 0 Å². The molecule has 9 heteroatoms. The molecule has 0 aromatic heterocycles. The number of rotatable bonds is 5. The minimum Gasteiger partial charge on any atom is -0.337 e. The monoisotopic (exact) mass is 430 g/mol. The van der Waals surface area contributed by atoms with Gasteiger partial charge in [-0.25, -0.2) is 8.42 Å². The summed E-state index contributed by atoms with van der Waals surface area (Å²) in [5, 5.41) is 3.36. The van der Waals surface area contributed by atoms with Crippen LogP contribution in [0.5, 0.6) is 0 Å². The maximum Gasteiger partial charge on any atom is 0.253 e. The van der Waals surface area contributed by atoms with Gasteiger partial charge in [0.25, 0.3) is 5.91 Å². The zero-order valence-corrected chi connectivity index (χ0v) is 18.4. The highest BCUT2D eigenvalue weighted by atomic mass is 35.5. The molecule has 158 valence electrons. The van der Waals surface area contributed by atoms with Gasteiger partial charge in [0.05, 0.1) is 4.90 Å². The van der Waals surface area contributed by atoms with Crippen LogP contribution in [0.25, 0.3) is 0 Å². The molecule has 0 aliphatic carbocycles. The highest BCUT2D eigenvalue weighted by Gasteiger charge is 2.31. The van der Waals surface area contributed by atoms with Gasteiger partial charge in [0.2, 0.25) is 10.0 Å². The SMILES string of the molecule is CC(C)N(C)S(=O)(=O)c1ccc(C(=O)N2CCC(N3CCNCC3)C2)cc1.Cl. The van der Waals surface area contributed by atoms with Crippen LogP contribution in [-0.4, -0.2) is 86.8 Å². The number of carbonyl (C=O) groups is 1. The zero-order valence-electron chi connectivity index (χ0n) is 16.8. The Morgan fingerprint density at radius 2 is 1.75 bits per heavy atom. The fourth-order valence-corrected chi connectivity index (χ4v) is 5.04. The lowest BCUT2D eigenvalue weighted by molar-refractivity contribution is 0.0773. The summed E-state index contributed by atoms with van der Waals surface area (Å²) in [6.45, 7) is 9.23. The maximum atomic E-state index is 12.8. The van der Waals surface area contributed by atoms with Gasteiger partial charge in [-0.15, -0.1) is 12.4 Å². The highest BCUT2D eigenvalue weighted by molar-refractivity contribution is 7.89. The lowest BCUT2D eigenvalue weighted by Crippen LogP contribution is -2.49. The van der Waals surface area contributed by atoms with Crippen LogP contribution in [0.4, 0.5) is 0 Å². The Labute approximate surface area is 174 Å². The van der Waals surface area contributed by atoms with Crippen LogP contribution in [0.1, 0.15) is 30.6 Å². The van der Waals surface area contributed by atoms with Crippen LogP contribution in [0.15, 0.2) is 29.2 Å². The molecule has 28 heavy (non-hydrogen) atoms. The Kier molecular flexibility index (Phi) is 7.87. The van der Waals surface area contributed by atoms with Gasteiger partial charge in [-0.1, -0.05) is 0 Å². The molecule has 2 heterocycles. The summed E-state index contributed by atoms with van der Waals surface area (Å²) >= 11 is 0. The molecular formula is C19H31ClN4O3S. The Morgan fingerprint density at radius 3 is 2.32 bits per heavy atom. The first kappa shape index (κ1) is 23.1. The van der Waals surface area contributed by atoms with Gasteiger partial charge in [-0.2, -0.15) is 4.31 Å². The van der Waals surface area contributed by atoms with Crippen molar-refractivity contribution in [3.8, 4) is 0 Å². The van der Waals surface area contributed by atoms with Crippen LogP contribution in [0.3, 0.4) is 0 Å². The van der Waals surface area contributed by atoms with E-state index in [4.69, 9.17) is 0 Å². The van der Waals surface area contributed by atoms with Crippen molar-refractivity contribution in [3.63, 3.8) is 0 Å². The standard InChI is InChI=1S/C19H30N4O3S.ClH/c1-15(2)21(3)27(25,26)18-6-4-16(5-7-18)19(24)23-11-8-17(14-23)22-12-9-20-10-13-22;/h4-7,15,17,20H,8-14H2,1-3H3;1H. The minimum absolute atomic E-state index is 0. The lowest BCUT2D eigenvalue weighted by Gasteiger charge is -2.32. The minimum atomic E-state index is -3.53. The van der Waals surface area contributed by atoms with E-state index in [2.05, 4.69) is 10.2 Å². The molecule has 1 N–H and O–H groups in total. The molecule has 1 aromatic rings. The number of nitrogens with one attached hydrogen (secondary N) is 1. The van der Waals surface area contributed by atoms with Crippen LogP contribution >= 0.6 is 12.4 Å². The Morgan fingerprint density at radius 1 is 1.14 bits per heavy atom. The summed E-state index contributed by atoms with van der Waals surface area (Å²) in [5.41, 5.74) is 0.544. The van der Waals surface area contributed by atoms with Gasteiger partial charge in [0.15, 0.2) is 0 Å². The topological polar surface area (TPSA) is 73.0 Å². The predicted octanol–water partition coefficient (Wildman–Crippen LogP) is 1.26. The Balaban J connectivity index is 0.00000280. The van der Waals surface area contributed by atoms with E-state index in [-0.39, 0.29) is 29.3 Å². The predicted molar refractivity (Wildman–Crippen MR) is 113 cm³/mol. The number of likely N-dealkylation sites (tertiary alicyclic amines) is 1. The second-order valence-corrected chi connectivity index (χ2v) is 9.62. The van der Waals surface area contributed by atoms with Crippen molar-refractivity contribution < 1.29 is 13.2 Å². The summed E-state index contributed by atoms with van der Waals surface area (Å²) in [5.74, 6) is -0.0196. The molecule has 7 nitrogen and oxygen atoms in total. The fourth-order valence-electron chi connectivity index (χ4n) is 3.67. The van der Waals surface area contributed by atoms with Crippen molar-refractivity contribution in [2.45, 2.75) is 37.2 Å². The highest BCUT2D eigenvalue weighted by Crippen LogP contribution is 2.21. The number of nitrogens with zero attached hydrogens (tertiary/aromatic N) is 3. The molecule has 0 spiro atoms. The summed E-state index contributed by atoms with van der Waals surface area (Å²) in [6, 6.07) is 6.62.